The molecule has 0 spiro atoms. The Morgan fingerprint density at radius 3 is 2.60 bits per heavy atom. The summed E-state index contributed by atoms with van der Waals surface area (Å²) in [7, 11) is 0. The van der Waals surface area contributed by atoms with E-state index in [2.05, 4.69) is 9.97 Å². The number of rotatable bonds is 8. The van der Waals surface area contributed by atoms with Crippen LogP contribution in [-0.2, 0) is 12.8 Å². The van der Waals surface area contributed by atoms with Crippen LogP contribution >= 0.6 is 0 Å². The van der Waals surface area contributed by atoms with Gasteiger partial charge in [0, 0.05) is 24.4 Å². The van der Waals surface area contributed by atoms with Gasteiger partial charge in [0.2, 0.25) is 5.89 Å². The molecule has 30 heavy (non-hydrogen) atoms. The molecule has 0 saturated carbocycles. The predicted molar refractivity (Wildman–Crippen MR) is 113 cm³/mol. The summed E-state index contributed by atoms with van der Waals surface area (Å²) in [5, 5.41) is 9.20. The van der Waals surface area contributed by atoms with Gasteiger partial charge in [0.05, 0.1) is 17.9 Å². The second-order valence-corrected chi connectivity index (χ2v) is 7.01. The average Bonchev–Trinajstić information content (AvgIpc) is 3.37. The molecule has 0 fully saturated rings. The molecule has 2 aromatic heterocycles. The van der Waals surface area contributed by atoms with Gasteiger partial charge in [0.25, 0.3) is 0 Å². The number of benzene rings is 2. The van der Waals surface area contributed by atoms with Gasteiger partial charge in [-0.1, -0.05) is 30.3 Å². The average molecular weight is 402 g/mol. The fourth-order valence-corrected chi connectivity index (χ4v) is 3.29. The summed E-state index contributed by atoms with van der Waals surface area (Å²) in [5.74, 6) is 1.26. The molecule has 0 unspecified atom stereocenters. The van der Waals surface area contributed by atoms with Gasteiger partial charge >= 0.3 is 5.97 Å². The zero-order valence-corrected chi connectivity index (χ0v) is 16.6. The topological polar surface area (TPSA) is 88.4 Å². The van der Waals surface area contributed by atoms with Crippen molar-refractivity contribution in [1.82, 2.24) is 9.97 Å². The Labute approximate surface area is 174 Å². The van der Waals surface area contributed by atoms with Crippen LogP contribution in [0.25, 0.3) is 11.5 Å². The van der Waals surface area contributed by atoms with Crippen molar-refractivity contribution in [3.05, 3.63) is 95.1 Å². The second kappa shape index (κ2) is 8.69. The number of H-pyrrole nitrogens is 1. The summed E-state index contributed by atoms with van der Waals surface area (Å²) >= 11 is 0. The van der Waals surface area contributed by atoms with E-state index in [1.807, 2.05) is 61.5 Å². The van der Waals surface area contributed by atoms with E-state index < -0.39 is 5.97 Å². The van der Waals surface area contributed by atoms with Crippen LogP contribution < -0.4 is 4.74 Å². The zero-order valence-electron chi connectivity index (χ0n) is 16.6. The van der Waals surface area contributed by atoms with E-state index in [4.69, 9.17) is 9.15 Å². The Kier molecular flexibility index (Phi) is 5.66. The third-order valence-electron chi connectivity index (χ3n) is 4.90. The highest BCUT2D eigenvalue weighted by atomic mass is 16.5. The molecule has 2 N–H and O–H groups in total. The Balaban J connectivity index is 1.33. The zero-order chi connectivity index (χ0) is 20.9. The van der Waals surface area contributed by atoms with Crippen LogP contribution in [0.15, 0.2) is 71.4 Å². The summed E-state index contributed by atoms with van der Waals surface area (Å²) in [6, 6.07) is 17.5. The highest BCUT2D eigenvalue weighted by Gasteiger charge is 2.12. The highest BCUT2D eigenvalue weighted by Crippen LogP contribution is 2.22. The minimum absolute atomic E-state index is 0.299. The molecule has 0 bridgehead atoms. The number of ether oxygens (including phenoxy) is 1. The van der Waals surface area contributed by atoms with Gasteiger partial charge in [-0.3, -0.25) is 0 Å². The number of oxazole rings is 1. The molecule has 2 heterocycles. The molecule has 0 atom stereocenters. The van der Waals surface area contributed by atoms with Crippen LogP contribution in [0, 0.1) is 6.92 Å². The van der Waals surface area contributed by atoms with Gasteiger partial charge in [0.1, 0.15) is 11.5 Å². The minimum Gasteiger partial charge on any atom is -0.493 e. The second-order valence-electron chi connectivity index (χ2n) is 7.01. The van der Waals surface area contributed by atoms with Crippen LogP contribution in [0.2, 0.25) is 0 Å². The summed E-state index contributed by atoms with van der Waals surface area (Å²) in [4.78, 5) is 18.7. The molecule has 0 radical (unpaired) electrons. The number of hydrogen-bond acceptors (Lipinski definition) is 4. The number of aromatic carboxylic acids is 1. The van der Waals surface area contributed by atoms with Gasteiger partial charge in [-0.2, -0.15) is 0 Å². The number of aryl methyl sites for hydroxylation is 1. The van der Waals surface area contributed by atoms with Crippen molar-refractivity contribution in [1.29, 1.82) is 0 Å². The van der Waals surface area contributed by atoms with Crippen molar-refractivity contribution in [2.75, 3.05) is 6.61 Å². The van der Waals surface area contributed by atoms with E-state index in [0.29, 0.717) is 30.9 Å². The summed E-state index contributed by atoms with van der Waals surface area (Å²) in [5.41, 5.74) is 3.92. The molecular weight excluding hydrogens is 380 g/mol. The lowest BCUT2D eigenvalue weighted by Gasteiger charge is -2.07. The number of hydrogen-bond donors (Lipinski definition) is 2. The van der Waals surface area contributed by atoms with Crippen LogP contribution in [0.5, 0.6) is 5.75 Å². The number of carboxylic acids is 1. The highest BCUT2D eigenvalue weighted by molar-refractivity contribution is 5.89. The Hall–Kier alpha value is -3.80. The molecule has 0 saturated heterocycles. The number of nitrogens with one attached hydrogen (secondary N) is 1. The quantitative estimate of drug-likeness (QED) is 0.438. The van der Waals surface area contributed by atoms with Crippen LogP contribution in [0.4, 0.5) is 0 Å². The number of aromatic amines is 1. The van der Waals surface area contributed by atoms with Crippen molar-refractivity contribution in [3.8, 4) is 17.2 Å². The van der Waals surface area contributed by atoms with E-state index in [0.717, 1.165) is 33.9 Å². The molecule has 2 aromatic carbocycles. The SMILES string of the molecule is Cc1oc(-c2ccccc2)nc1CCOc1ccc(Cc2c[nH]cc2C(=O)O)cc1. The third kappa shape index (κ3) is 4.43. The fraction of sp³-hybridized carbons (Fsp3) is 0.167. The first-order chi connectivity index (χ1) is 14.6. The van der Waals surface area contributed by atoms with Gasteiger partial charge in [-0.05, 0) is 48.7 Å². The Morgan fingerprint density at radius 2 is 1.87 bits per heavy atom. The Bertz CT molecular complexity index is 1130. The Morgan fingerprint density at radius 1 is 1.10 bits per heavy atom. The van der Waals surface area contributed by atoms with Crippen molar-refractivity contribution in [2.45, 2.75) is 19.8 Å². The molecule has 0 amide bonds. The first-order valence-electron chi connectivity index (χ1n) is 9.72. The summed E-state index contributed by atoms with van der Waals surface area (Å²) in [6.45, 7) is 2.40. The summed E-state index contributed by atoms with van der Waals surface area (Å²) in [6.07, 6.45) is 4.42. The summed E-state index contributed by atoms with van der Waals surface area (Å²) < 4.78 is 11.6. The van der Waals surface area contributed by atoms with Crippen molar-refractivity contribution in [2.24, 2.45) is 0 Å². The molecule has 6 nitrogen and oxygen atoms in total. The van der Waals surface area contributed by atoms with Gasteiger partial charge in [-0.25, -0.2) is 9.78 Å². The molecule has 0 aliphatic heterocycles. The molecule has 4 rings (SSSR count). The van der Waals surface area contributed by atoms with Gasteiger partial charge < -0.3 is 19.2 Å². The lowest BCUT2D eigenvalue weighted by atomic mass is 10.0. The lowest BCUT2D eigenvalue weighted by Crippen LogP contribution is -2.03. The maximum absolute atomic E-state index is 11.2. The molecule has 0 aliphatic carbocycles. The first kappa shape index (κ1) is 19.5. The van der Waals surface area contributed by atoms with E-state index in [1.54, 1.807) is 6.20 Å². The fourth-order valence-electron chi connectivity index (χ4n) is 3.29. The number of carboxylic acid groups (broad SMARTS) is 1. The maximum Gasteiger partial charge on any atom is 0.337 e. The molecule has 0 aliphatic rings. The minimum atomic E-state index is -0.926. The number of nitrogens with zero attached hydrogens (tertiary/aromatic N) is 1. The number of carbonyl (C=O) groups is 1. The van der Waals surface area contributed by atoms with Gasteiger partial charge in [-0.15, -0.1) is 0 Å². The molecule has 152 valence electrons. The predicted octanol–water partition coefficient (Wildman–Crippen LogP) is 4.89. The largest absolute Gasteiger partial charge is 0.493 e. The molecular formula is C24H22N2O4. The van der Waals surface area contributed by atoms with Gasteiger partial charge in [0.15, 0.2) is 0 Å². The maximum atomic E-state index is 11.2. The molecule has 4 aromatic rings. The van der Waals surface area contributed by atoms with Crippen LogP contribution in [0.3, 0.4) is 0 Å². The standard InChI is InChI=1S/C24H22N2O4/c1-16-22(26-23(30-16)18-5-3-2-4-6-18)11-12-29-20-9-7-17(8-10-20)13-19-14-25-15-21(19)24(27)28/h2-10,14-15,25H,11-13H2,1H3,(H,27,28). The van der Waals surface area contributed by atoms with E-state index in [-0.39, 0.29) is 0 Å². The smallest absolute Gasteiger partial charge is 0.337 e. The normalized spacial score (nSPS) is 10.8. The third-order valence-corrected chi connectivity index (χ3v) is 4.90. The van der Waals surface area contributed by atoms with E-state index >= 15 is 0 Å². The van der Waals surface area contributed by atoms with Crippen molar-refractivity contribution < 1.29 is 19.1 Å². The van der Waals surface area contributed by atoms with E-state index in [9.17, 15) is 9.90 Å². The van der Waals surface area contributed by atoms with Crippen molar-refractivity contribution in [3.63, 3.8) is 0 Å². The molecule has 6 heteroatoms. The van der Waals surface area contributed by atoms with Crippen molar-refractivity contribution >= 4 is 5.97 Å². The van der Waals surface area contributed by atoms with Crippen LogP contribution in [-0.4, -0.2) is 27.7 Å². The monoisotopic (exact) mass is 402 g/mol. The first-order valence-corrected chi connectivity index (χ1v) is 9.72. The van der Waals surface area contributed by atoms with Crippen LogP contribution in [0.1, 0.15) is 32.9 Å². The van der Waals surface area contributed by atoms with E-state index in [1.165, 1.54) is 6.20 Å². The number of aromatic nitrogens is 2. The lowest BCUT2D eigenvalue weighted by molar-refractivity contribution is 0.0696.